The Bertz CT molecular complexity index is 746. The van der Waals surface area contributed by atoms with Crippen molar-refractivity contribution in [2.24, 2.45) is 4.99 Å². The molecule has 1 saturated heterocycles. The molecule has 2 heterocycles. The highest BCUT2D eigenvalue weighted by Gasteiger charge is 2.44. The number of amides is 1. The van der Waals surface area contributed by atoms with E-state index in [1.807, 2.05) is 20.8 Å². The summed E-state index contributed by atoms with van der Waals surface area (Å²) in [6.07, 6.45) is 1.70. The molecule has 1 atom stereocenters. The van der Waals surface area contributed by atoms with Crippen LogP contribution < -0.4 is 5.32 Å². The van der Waals surface area contributed by atoms with Gasteiger partial charge in [-0.3, -0.25) is 9.79 Å². The summed E-state index contributed by atoms with van der Waals surface area (Å²) >= 11 is 0. The highest BCUT2D eigenvalue weighted by atomic mass is 19.1. The van der Waals surface area contributed by atoms with Crippen LogP contribution in [0, 0.1) is 5.82 Å². The molecular formula is C19H22FN3O. The van der Waals surface area contributed by atoms with Gasteiger partial charge in [-0.25, -0.2) is 4.39 Å². The Kier molecular flexibility index (Phi) is 4.03. The van der Waals surface area contributed by atoms with Gasteiger partial charge >= 0.3 is 0 Å². The standard InChI is InChI=1S/C19H22FN3O/c1-5-10-23-17(13-6-8-14(20)9-7-13)15-12(2)21-11-19(3,4)22-16(15)18(23)24/h5-9,17,21H,1,10-11H2,2-4H3. The minimum atomic E-state index is -0.370. The number of fused-ring (bicyclic) bond motifs is 1. The van der Waals surface area contributed by atoms with Gasteiger partial charge in [-0.15, -0.1) is 6.58 Å². The molecule has 0 saturated carbocycles. The van der Waals surface area contributed by atoms with Gasteiger partial charge in [0.25, 0.3) is 5.91 Å². The highest BCUT2D eigenvalue weighted by molar-refractivity contribution is 6.48. The van der Waals surface area contributed by atoms with Crippen molar-refractivity contribution < 1.29 is 9.18 Å². The smallest absolute Gasteiger partial charge is 0.273 e. The lowest BCUT2D eigenvalue weighted by molar-refractivity contribution is -0.123. The molecule has 4 nitrogen and oxygen atoms in total. The lowest BCUT2D eigenvalue weighted by Gasteiger charge is -2.25. The van der Waals surface area contributed by atoms with Gasteiger partial charge in [-0.2, -0.15) is 0 Å². The molecule has 1 aromatic rings. The first-order valence-corrected chi connectivity index (χ1v) is 8.06. The summed E-state index contributed by atoms with van der Waals surface area (Å²) in [5.74, 6) is -0.395. The fourth-order valence-electron chi connectivity index (χ4n) is 3.25. The molecule has 126 valence electrons. The lowest BCUT2D eigenvalue weighted by Crippen LogP contribution is -2.34. The Morgan fingerprint density at radius 3 is 2.71 bits per heavy atom. The third kappa shape index (κ3) is 2.75. The number of nitrogens with one attached hydrogen (secondary N) is 1. The quantitative estimate of drug-likeness (QED) is 0.868. The molecule has 1 aromatic carbocycles. The topological polar surface area (TPSA) is 44.7 Å². The number of halogens is 1. The van der Waals surface area contributed by atoms with E-state index in [2.05, 4.69) is 11.9 Å². The number of allylic oxidation sites excluding steroid dienone is 1. The highest BCUT2D eigenvalue weighted by Crippen LogP contribution is 2.39. The van der Waals surface area contributed by atoms with Crippen molar-refractivity contribution in [1.82, 2.24) is 10.2 Å². The van der Waals surface area contributed by atoms with Crippen LogP contribution in [0.5, 0.6) is 0 Å². The van der Waals surface area contributed by atoms with Crippen LogP contribution in [0.3, 0.4) is 0 Å². The zero-order chi connectivity index (χ0) is 17.5. The maximum atomic E-state index is 13.3. The minimum absolute atomic E-state index is 0.102. The number of hydrogen-bond donors (Lipinski definition) is 1. The Balaban J connectivity index is 2.18. The van der Waals surface area contributed by atoms with E-state index in [-0.39, 0.29) is 23.3 Å². The molecule has 3 rings (SSSR count). The van der Waals surface area contributed by atoms with E-state index < -0.39 is 0 Å². The van der Waals surface area contributed by atoms with E-state index in [0.717, 1.165) is 16.8 Å². The summed E-state index contributed by atoms with van der Waals surface area (Å²) in [5, 5.41) is 3.39. The average molecular weight is 327 g/mol. The number of carbonyl (C=O) groups excluding carboxylic acids is 1. The van der Waals surface area contributed by atoms with Crippen molar-refractivity contribution in [3.8, 4) is 0 Å². The third-order valence-electron chi connectivity index (χ3n) is 4.42. The first-order chi connectivity index (χ1) is 11.3. The van der Waals surface area contributed by atoms with Gasteiger partial charge in [0.05, 0.1) is 11.6 Å². The van der Waals surface area contributed by atoms with Crippen LogP contribution in [0.1, 0.15) is 32.4 Å². The van der Waals surface area contributed by atoms with Crippen LogP contribution in [0.15, 0.2) is 53.2 Å². The van der Waals surface area contributed by atoms with E-state index in [0.29, 0.717) is 18.8 Å². The molecule has 2 aliphatic heterocycles. The maximum Gasteiger partial charge on any atom is 0.273 e. The third-order valence-corrected chi connectivity index (χ3v) is 4.42. The van der Waals surface area contributed by atoms with E-state index >= 15 is 0 Å². The summed E-state index contributed by atoms with van der Waals surface area (Å²) < 4.78 is 13.3. The van der Waals surface area contributed by atoms with E-state index in [1.54, 1.807) is 23.1 Å². The van der Waals surface area contributed by atoms with Crippen molar-refractivity contribution in [3.05, 3.63) is 59.6 Å². The van der Waals surface area contributed by atoms with Gasteiger partial charge in [0.1, 0.15) is 11.5 Å². The summed E-state index contributed by atoms with van der Waals surface area (Å²) in [6, 6.07) is 6.01. The summed E-state index contributed by atoms with van der Waals surface area (Å²) in [7, 11) is 0. The van der Waals surface area contributed by atoms with Gasteiger partial charge in [0.15, 0.2) is 0 Å². The number of carbonyl (C=O) groups is 1. The van der Waals surface area contributed by atoms with Crippen LogP contribution in [-0.2, 0) is 4.79 Å². The molecule has 1 fully saturated rings. The summed E-state index contributed by atoms with van der Waals surface area (Å²) in [4.78, 5) is 19.4. The molecule has 24 heavy (non-hydrogen) atoms. The van der Waals surface area contributed by atoms with Crippen molar-refractivity contribution in [2.45, 2.75) is 32.4 Å². The molecule has 1 amide bonds. The molecule has 0 aromatic heterocycles. The number of benzene rings is 1. The van der Waals surface area contributed by atoms with Crippen LogP contribution in [0.25, 0.3) is 0 Å². The number of aliphatic imine (C=N–C) groups is 1. The first-order valence-electron chi connectivity index (χ1n) is 8.06. The van der Waals surface area contributed by atoms with E-state index in [4.69, 9.17) is 4.99 Å². The van der Waals surface area contributed by atoms with E-state index in [1.165, 1.54) is 12.1 Å². The molecule has 0 bridgehead atoms. The normalized spacial score (nSPS) is 22.7. The fourth-order valence-corrected chi connectivity index (χ4v) is 3.25. The van der Waals surface area contributed by atoms with Crippen molar-refractivity contribution in [1.29, 1.82) is 0 Å². The molecule has 0 spiro atoms. The maximum absolute atomic E-state index is 13.3. The number of likely N-dealkylation sites (tertiary alicyclic amines) is 1. The summed E-state index contributed by atoms with van der Waals surface area (Å²) in [5.41, 5.74) is 2.81. The molecule has 5 heteroatoms. The minimum Gasteiger partial charge on any atom is -0.386 e. The Morgan fingerprint density at radius 2 is 2.08 bits per heavy atom. The lowest BCUT2D eigenvalue weighted by atomic mass is 9.96. The zero-order valence-corrected chi connectivity index (χ0v) is 14.3. The number of rotatable bonds is 3. The predicted octanol–water partition coefficient (Wildman–Crippen LogP) is 2.99. The van der Waals surface area contributed by atoms with Crippen LogP contribution >= 0.6 is 0 Å². The molecule has 1 N–H and O–H groups in total. The Morgan fingerprint density at radius 1 is 1.42 bits per heavy atom. The van der Waals surface area contributed by atoms with Crippen molar-refractivity contribution >= 4 is 11.6 Å². The van der Waals surface area contributed by atoms with Crippen LogP contribution in [-0.4, -0.2) is 35.1 Å². The Labute approximate surface area is 141 Å². The van der Waals surface area contributed by atoms with Crippen molar-refractivity contribution in [3.63, 3.8) is 0 Å². The van der Waals surface area contributed by atoms with Crippen LogP contribution in [0.4, 0.5) is 4.39 Å². The van der Waals surface area contributed by atoms with E-state index in [9.17, 15) is 9.18 Å². The zero-order valence-electron chi connectivity index (χ0n) is 14.3. The fraction of sp³-hybridized carbons (Fsp3) is 0.368. The summed E-state index contributed by atoms with van der Waals surface area (Å²) in [6.45, 7) is 10.8. The Hall–Kier alpha value is -2.43. The molecule has 0 aliphatic carbocycles. The van der Waals surface area contributed by atoms with Gasteiger partial charge in [-0.05, 0) is 38.5 Å². The second-order valence-electron chi connectivity index (χ2n) is 6.87. The number of nitrogens with zero attached hydrogens (tertiary/aromatic N) is 2. The molecular weight excluding hydrogens is 305 g/mol. The predicted molar refractivity (Wildman–Crippen MR) is 93.3 cm³/mol. The van der Waals surface area contributed by atoms with Gasteiger partial charge < -0.3 is 10.2 Å². The van der Waals surface area contributed by atoms with Crippen molar-refractivity contribution in [2.75, 3.05) is 13.1 Å². The molecule has 1 unspecified atom stereocenters. The van der Waals surface area contributed by atoms with Crippen LogP contribution in [0.2, 0.25) is 0 Å². The average Bonchev–Trinajstić information content (AvgIpc) is 2.72. The molecule has 2 aliphatic rings. The SMILES string of the molecule is C=CCN1C(=O)C2=NC(C)(C)CNC(C)=C2C1c1ccc(F)cc1. The van der Waals surface area contributed by atoms with Gasteiger partial charge in [-0.1, -0.05) is 18.2 Å². The monoisotopic (exact) mass is 327 g/mol. The van der Waals surface area contributed by atoms with Gasteiger partial charge in [0.2, 0.25) is 0 Å². The van der Waals surface area contributed by atoms with Gasteiger partial charge in [0, 0.05) is 24.4 Å². The first kappa shape index (κ1) is 16.4. The second kappa shape index (κ2) is 5.89. The largest absolute Gasteiger partial charge is 0.386 e. The number of hydrogen-bond acceptors (Lipinski definition) is 3. The second-order valence-corrected chi connectivity index (χ2v) is 6.87. The molecule has 0 radical (unpaired) electrons.